The summed E-state index contributed by atoms with van der Waals surface area (Å²) in [6.45, 7) is 2.18. The van der Waals surface area contributed by atoms with E-state index in [0.717, 1.165) is 36.0 Å². The standard InChI is InChI=1S/C27H41NO2/c1-28(17-20-5-3-2-4-6-20)18-25(29)19-30-26-9-7-24(8-10-26)27-14-21-11-22(15-27)13-23(12-21)16-27/h7-10,20-23,25,29H,2-6,11-19H2,1H3. The van der Waals surface area contributed by atoms with Crippen molar-refractivity contribution in [2.24, 2.45) is 23.7 Å². The molecule has 0 radical (unpaired) electrons. The van der Waals surface area contributed by atoms with Crippen molar-refractivity contribution in [3.05, 3.63) is 29.8 Å². The van der Waals surface area contributed by atoms with Crippen molar-refractivity contribution in [1.29, 1.82) is 0 Å². The van der Waals surface area contributed by atoms with Crippen LogP contribution in [0.25, 0.3) is 0 Å². The predicted octanol–water partition coefficient (Wildman–Crippen LogP) is 5.41. The van der Waals surface area contributed by atoms with Gasteiger partial charge in [0.1, 0.15) is 18.5 Å². The number of rotatable bonds is 8. The minimum Gasteiger partial charge on any atom is -0.491 e. The van der Waals surface area contributed by atoms with Gasteiger partial charge in [-0.15, -0.1) is 0 Å². The molecule has 3 heteroatoms. The van der Waals surface area contributed by atoms with Gasteiger partial charge in [0.05, 0.1) is 0 Å². The summed E-state index contributed by atoms with van der Waals surface area (Å²) >= 11 is 0. The summed E-state index contributed by atoms with van der Waals surface area (Å²) in [6.07, 6.45) is 15.1. The summed E-state index contributed by atoms with van der Waals surface area (Å²) in [4.78, 5) is 2.29. The van der Waals surface area contributed by atoms with Gasteiger partial charge in [-0.05, 0) is 105 Å². The number of likely N-dealkylation sites (N-methyl/N-ethyl adjacent to an activating group) is 1. The van der Waals surface area contributed by atoms with Crippen molar-refractivity contribution in [2.75, 3.05) is 26.7 Å². The van der Waals surface area contributed by atoms with Crippen LogP contribution in [0.15, 0.2) is 24.3 Å². The van der Waals surface area contributed by atoms with E-state index in [-0.39, 0.29) is 0 Å². The van der Waals surface area contributed by atoms with Crippen LogP contribution in [-0.2, 0) is 5.41 Å². The van der Waals surface area contributed by atoms with Crippen LogP contribution in [0.5, 0.6) is 5.75 Å². The van der Waals surface area contributed by atoms with Crippen LogP contribution in [-0.4, -0.2) is 42.9 Å². The Hall–Kier alpha value is -1.06. The average Bonchev–Trinajstić information content (AvgIpc) is 2.72. The Labute approximate surface area is 183 Å². The SMILES string of the molecule is CN(CC(O)COc1ccc(C23CC4CC(CC(C4)C2)C3)cc1)CC1CCCCC1. The van der Waals surface area contributed by atoms with Crippen LogP contribution in [0.4, 0.5) is 0 Å². The Balaban J connectivity index is 1.10. The second-order valence-corrected chi connectivity index (χ2v) is 11.4. The molecule has 5 saturated carbocycles. The highest BCUT2D eigenvalue weighted by molar-refractivity contribution is 5.34. The molecule has 30 heavy (non-hydrogen) atoms. The quantitative estimate of drug-likeness (QED) is 0.621. The van der Waals surface area contributed by atoms with Gasteiger partial charge in [0, 0.05) is 13.1 Å². The second kappa shape index (κ2) is 8.82. The molecule has 1 atom stereocenters. The second-order valence-electron chi connectivity index (χ2n) is 11.4. The monoisotopic (exact) mass is 411 g/mol. The Kier molecular flexibility index (Phi) is 6.12. The van der Waals surface area contributed by atoms with E-state index in [1.807, 2.05) is 0 Å². The van der Waals surface area contributed by atoms with Crippen molar-refractivity contribution in [2.45, 2.75) is 82.1 Å². The van der Waals surface area contributed by atoms with E-state index in [4.69, 9.17) is 4.74 Å². The first kappa shape index (κ1) is 20.8. The van der Waals surface area contributed by atoms with Crippen LogP contribution in [0.2, 0.25) is 0 Å². The van der Waals surface area contributed by atoms with Crippen molar-refractivity contribution < 1.29 is 9.84 Å². The molecule has 3 nitrogen and oxygen atoms in total. The third-order valence-electron chi connectivity index (χ3n) is 8.76. The van der Waals surface area contributed by atoms with Gasteiger partial charge in [-0.25, -0.2) is 0 Å². The lowest BCUT2D eigenvalue weighted by molar-refractivity contribution is -0.00522. The van der Waals surface area contributed by atoms with E-state index in [0.29, 0.717) is 18.6 Å². The number of aliphatic hydroxyl groups is 1. The number of hydrogen-bond donors (Lipinski definition) is 1. The maximum Gasteiger partial charge on any atom is 0.119 e. The summed E-state index contributed by atoms with van der Waals surface area (Å²) in [6, 6.07) is 8.94. The minimum absolute atomic E-state index is 0.381. The number of hydrogen-bond acceptors (Lipinski definition) is 3. The van der Waals surface area contributed by atoms with Crippen LogP contribution in [0.3, 0.4) is 0 Å². The zero-order valence-electron chi connectivity index (χ0n) is 18.9. The van der Waals surface area contributed by atoms with Crippen LogP contribution >= 0.6 is 0 Å². The number of benzene rings is 1. The van der Waals surface area contributed by atoms with Gasteiger partial charge < -0.3 is 14.7 Å². The summed E-state index contributed by atoms with van der Waals surface area (Å²) in [5, 5.41) is 10.5. The van der Waals surface area contributed by atoms with Crippen molar-refractivity contribution in [3.8, 4) is 5.75 Å². The Morgan fingerprint density at radius 2 is 1.57 bits per heavy atom. The first-order valence-corrected chi connectivity index (χ1v) is 12.7. The van der Waals surface area contributed by atoms with Gasteiger partial charge in [-0.1, -0.05) is 31.4 Å². The lowest BCUT2D eigenvalue weighted by Gasteiger charge is -2.57. The molecule has 0 saturated heterocycles. The van der Waals surface area contributed by atoms with E-state index in [2.05, 4.69) is 36.2 Å². The molecule has 4 bridgehead atoms. The van der Waals surface area contributed by atoms with Gasteiger partial charge in [0.2, 0.25) is 0 Å². The Morgan fingerprint density at radius 3 is 2.17 bits per heavy atom. The molecule has 0 spiro atoms. The van der Waals surface area contributed by atoms with E-state index in [9.17, 15) is 5.11 Å². The fourth-order valence-corrected chi connectivity index (χ4v) is 7.86. The smallest absolute Gasteiger partial charge is 0.119 e. The molecule has 0 amide bonds. The molecule has 166 valence electrons. The highest BCUT2D eigenvalue weighted by Crippen LogP contribution is 2.60. The van der Waals surface area contributed by atoms with Gasteiger partial charge in [-0.3, -0.25) is 0 Å². The maximum absolute atomic E-state index is 10.5. The third-order valence-corrected chi connectivity index (χ3v) is 8.76. The van der Waals surface area contributed by atoms with Gasteiger partial charge in [0.25, 0.3) is 0 Å². The van der Waals surface area contributed by atoms with Crippen LogP contribution in [0.1, 0.15) is 76.2 Å². The molecular formula is C27H41NO2. The summed E-state index contributed by atoms with van der Waals surface area (Å²) in [5.74, 6) is 4.65. The zero-order valence-corrected chi connectivity index (χ0v) is 18.9. The normalized spacial score (nSPS) is 34.4. The molecule has 5 fully saturated rings. The Morgan fingerprint density at radius 1 is 0.967 bits per heavy atom. The predicted molar refractivity (Wildman–Crippen MR) is 122 cm³/mol. The molecule has 1 N–H and O–H groups in total. The van der Waals surface area contributed by atoms with Gasteiger partial charge in [-0.2, -0.15) is 0 Å². The third kappa shape index (κ3) is 4.58. The zero-order chi connectivity index (χ0) is 20.6. The van der Waals surface area contributed by atoms with Crippen molar-refractivity contribution in [3.63, 3.8) is 0 Å². The highest BCUT2D eigenvalue weighted by atomic mass is 16.5. The number of ether oxygens (including phenoxy) is 1. The molecule has 0 aromatic heterocycles. The molecule has 1 aromatic rings. The first-order chi connectivity index (χ1) is 14.6. The summed E-state index contributed by atoms with van der Waals surface area (Å²) < 4.78 is 5.96. The van der Waals surface area contributed by atoms with E-state index in [1.165, 1.54) is 70.6 Å². The molecule has 1 aromatic carbocycles. The lowest BCUT2D eigenvalue weighted by Crippen LogP contribution is -2.48. The van der Waals surface area contributed by atoms with Crippen LogP contribution < -0.4 is 4.74 Å². The summed E-state index contributed by atoms with van der Waals surface area (Å²) in [5.41, 5.74) is 2.00. The topological polar surface area (TPSA) is 32.7 Å². The largest absolute Gasteiger partial charge is 0.491 e. The molecular weight excluding hydrogens is 370 g/mol. The highest BCUT2D eigenvalue weighted by Gasteiger charge is 2.51. The molecule has 0 aliphatic heterocycles. The van der Waals surface area contributed by atoms with Crippen molar-refractivity contribution >= 4 is 0 Å². The number of aliphatic hydroxyl groups excluding tert-OH is 1. The minimum atomic E-state index is -0.429. The summed E-state index contributed by atoms with van der Waals surface area (Å²) in [7, 11) is 2.14. The molecule has 5 aliphatic rings. The molecule has 6 rings (SSSR count). The molecule has 5 aliphatic carbocycles. The molecule has 0 heterocycles. The van der Waals surface area contributed by atoms with Crippen LogP contribution in [0, 0.1) is 23.7 Å². The first-order valence-electron chi connectivity index (χ1n) is 12.7. The maximum atomic E-state index is 10.5. The fourth-order valence-electron chi connectivity index (χ4n) is 7.86. The van der Waals surface area contributed by atoms with E-state index in [1.54, 1.807) is 5.56 Å². The van der Waals surface area contributed by atoms with Crippen molar-refractivity contribution in [1.82, 2.24) is 4.90 Å². The van der Waals surface area contributed by atoms with Gasteiger partial charge >= 0.3 is 0 Å². The van der Waals surface area contributed by atoms with Gasteiger partial charge in [0.15, 0.2) is 0 Å². The Bertz CT molecular complexity index is 658. The van der Waals surface area contributed by atoms with E-state index >= 15 is 0 Å². The molecule has 1 unspecified atom stereocenters. The lowest BCUT2D eigenvalue weighted by atomic mass is 9.48. The fraction of sp³-hybridized carbons (Fsp3) is 0.778. The van der Waals surface area contributed by atoms with E-state index < -0.39 is 6.10 Å². The average molecular weight is 412 g/mol. The number of nitrogens with zero attached hydrogens (tertiary/aromatic N) is 1.